The fourth-order valence-electron chi connectivity index (χ4n) is 1.52. The molecular formula is C12H15FINO2. The monoisotopic (exact) mass is 351 g/mol. The molecule has 1 N–H and O–H groups in total. The molecule has 0 radical (unpaired) electrons. The lowest BCUT2D eigenvalue weighted by atomic mass is 10.1. The van der Waals surface area contributed by atoms with E-state index in [1.165, 1.54) is 23.1 Å². The number of carbonyl (C=O) groups is 1. The fraction of sp³-hybridized carbons (Fsp3) is 0.417. The predicted molar refractivity (Wildman–Crippen MR) is 72.4 cm³/mol. The molecule has 0 aromatic heterocycles. The summed E-state index contributed by atoms with van der Waals surface area (Å²) in [6.07, 6.45) is 0. The van der Waals surface area contributed by atoms with E-state index in [1.807, 2.05) is 22.6 Å². The van der Waals surface area contributed by atoms with Crippen molar-refractivity contribution in [1.29, 1.82) is 0 Å². The molecule has 0 aliphatic rings. The van der Waals surface area contributed by atoms with Gasteiger partial charge in [0.25, 0.3) is 5.91 Å². The highest BCUT2D eigenvalue weighted by Gasteiger charge is 2.21. The Hall–Kier alpha value is -0.690. The second kappa shape index (κ2) is 5.30. The highest BCUT2D eigenvalue weighted by molar-refractivity contribution is 14.1. The Bertz CT molecular complexity index is 429. The molecule has 1 aromatic rings. The summed E-state index contributed by atoms with van der Waals surface area (Å²) in [5, 5.41) is 9.64. The van der Waals surface area contributed by atoms with E-state index in [1.54, 1.807) is 20.9 Å². The molecular weight excluding hydrogens is 336 g/mol. The summed E-state index contributed by atoms with van der Waals surface area (Å²) in [6.45, 7) is 3.48. The number of benzene rings is 1. The Morgan fingerprint density at radius 3 is 2.59 bits per heavy atom. The summed E-state index contributed by atoms with van der Waals surface area (Å²) < 4.78 is 13.5. The fourth-order valence-corrected chi connectivity index (χ4v) is 2.23. The SMILES string of the molecule is CN(CC(C)(C)O)C(=O)c1ccc(F)cc1I. The number of nitrogens with zero attached hydrogens (tertiary/aromatic N) is 1. The van der Waals surface area contributed by atoms with Crippen LogP contribution in [0.15, 0.2) is 18.2 Å². The third kappa shape index (κ3) is 4.23. The molecule has 1 amide bonds. The molecule has 0 aliphatic heterocycles. The average molecular weight is 351 g/mol. The Labute approximate surface area is 114 Å². The molecule has 0 heterocycles. The van der Waals surface area contributed by atoms with Crippen LogP contribution in [0, 0.1) is 9.39 Å². The van der Waals surface area contributed by atoms with Crippen molar-refractivity contribution in [3.8, 4) is 0 Å². The molecule has 0 aliphatic carbocycles. The van der Waals surface area contributed by atoms with Crippen LogP contribution < -0.4 is 0 Å². The van der Waals surface area contributed by atoms with Gasteiger partial charge >= 0.3 is 0 Å². The molecule has 0 saturated heterocycles. The smallest absolute Gasteiger partial charge is 0.254 e. The summed E-state index contributed by atoms with van der Waals surface area (Å²) in [6, 6.07) is 4.03. The van der Waals surface area contributed by atoms with Gasteiger partial charge < -0.3 is 10.0 Å². The predicted octanol–water partition coefficient (Wildman–Crippen LogP) is 2.27. The number of rotatable bonds is 3. The molecule has 0 spiro atoms. The summed E-state index contributed by atoms with van der Waals surface area (Å²) in [7, 11) is 1.61. The Morgan fingerprint density at radius 2 is 2.12 bits per heavy atom. The molecule has 94 valence electrons. The molecule has 3 nitrogen and oxygen atoms in total. The van der Waals surface area contributed by atoms with Crippen LogP contribution in [-0.2, 0) is 0 Å². The van der Waals surface area contributed by atoms with E-state index in [0.717, 1.165) is 0 Å². The van der Waals surface area contributed by atoms with E-state index in [4.69, 9.17) is 0 Å². The lowest BCUT2D eigenvalue weighted by molar-refractivity contribution is 0.0367. The van der Waals surface area contributed by atoms with E-state index in [9.17, 15) is 14.3 Å². The number of hydrogen-bond donors (Lipinski definition) is 1. The van der Waals surface area contributed by atoms with Crippen LogP contribution in [0.25, 0.3) is 0 Å². The van der Waals surface area contributed by atoms with Crippen LogP contribution in [-0.4, -0.2) is 35.1 Å². The van der Waals surface area contributed by atoms with Crippen molar-refractivity contribution in [2.45, 2.75) is 19.4 Å². The highest BCUT2D eigenvalue weighted by atomic mass is 127. The minimum absolute atomic E-state index is 0.222. The van der Waals surface area contributed by atoms with E-state index in [-0.39, 0.29) is 18.3 Å². The van der Waals surface area contributed by atoms with Crippen molar-refractivity contribution in [3.63, 3.8) is 0 Å². The number of amides is 1. The number of hydrogen-bond acceptors (Lipinski definition) is 2. The zero-order valence-electron chi connectivity index (χ0n) is 10.00. The van der Waals surface area contributed by atoms with Crippen molar-refractivity contribution in [1.82, 2.24) is 4.90 Å². The maximum absolute atomic E-state index is 12.9. The van der Waals surface area contributed by atoms with Gasteiger partial charge in [-0.2, -0.15) is 0 Å². The van der Waals surface area contributed by atoms with Gasteiger partial charge in [0.1, 0.15) is 5.82 Å². The summed E-state index contributed by atoms with van der Waals surface area (Å²) >= 11 is 1.92. The summed E-state index contributed by atoms with van der Waals surface area (Å²) in [5.41, 5.74) is -0.505. The highest BCUT2D eigenvalue weighted by Crippen LogP contribution is 2.16. The van der Waals surface area contributed by atoms with Gasteiger partial charge in [-0.05, 0) is 54.6 Å². The maximum atomic E-state index is 12.9. The molecule has 0 unspecified atom stereocenters. The lowest BCUT2D eigenvalue weighted by Gasteiger charge is -2.25. The first-order valence-electron chi connectivity index (χ1n) is 5.13. The number of likely N-dealkylation sites (N-methyl/N-ethyl adjacent to an activating group) is 1. The Kier molecular flexibility index (Phi) is 4.48. The molecule has 0 saturated carbocycles. The largest absolute Gasteiger partial charge is 0.389 e. The third-order valence-electron chi connectivity index (χ3n) is 2.13. The third-order valence-corrected chi connectivity index (χ3v) is 3.02. The van der Waals surface area contributed by atoms with E-state index >= 15 is 0 Å². The van der Waals surface area contributed by atoms with Gasteiger partial charge in [-0.15, -0.1) is 0 Å². The van der Waals surface area contributed by atoms with Gasteiger partial charge in [-0.1, -0.05) is 0 Å². The van der Waals surface area contributed by atoms with Crippen molar-refractivity contribution in [2.24, 2.45) is 0 Å². The van der Waals surface area contributed by atoms with Crippen LogP contribution in [0.5, 0.6) is 0 Å². The number of aliphatic hydroxyl groups is 1. The first-order valence-corrected chi connectivity index (χ1v) is 6.21. The van der Waals surface area contributed by atoms with Crippen LogP contribution in [0.3, 0.4) is 0 Å². The Balaban J connectivity index is 2.89. The first kappa shape index (κ1) is 14.4. The molecule has 0 fully saturated rings. The lowest BCUT2D eigenvalue weighted by Crippen LogP contribution is -2.39. The minimum atomic E-state index is -0.949. The second-order valence-electron chi connectivity index (χ2n) is 4.60. The van der Waals surface area contributed by atoms with Crippen molar-refractivity contribution in [2.75, 3.05) is 13.6 Å². The average Bonchev–Trinajstić information content (AvgIpc) is 2.14. The first-order chi connectivity index (χ1) is 7.70. The number of carbonyl (C=O) groups excluding carboxylic acids is 1. The Morgan fingerprint density at radius 1 is 1.53 bits per heavy atom. The van der Waals surface area contributed by atoms with Crippen molar-refractivity contribution >= 4 is 28.5 Å². The van der Waals surface area contributed by atoms with Gasteiger partial charge in [0.2, 0.25) is 0 Å². The van der Waals surface area contributed by atoms with Gasteiger partial charge in [-0.25, -0.2) is 4.39 Å². The van der Waals surface area contributed by atoms with Crippen LogP contribution in [0.4, 0.5) is 4.39 Å². The molecule has 17 heavy (non-hydrogen) atoms. The summed E-state index contributed by atoms with van der Waals surface area (Å²) in [4.78, 5) is 13.5. The van der Waals surface area contributed by atoms with Gasteiger partial charge in [0.15, 0.2) is 0 Å². The number of halogens is 2. The van der Waals surface area contributed by atoms with E-state index < -0.39 is 5.60 Å². The van der Waals surface area contributed by atoms with Crippen LogP contribution in [0.1, 0.15) is 24.2 Å². The molecule has 1 rings (SSSR count). The molecule has 0 bridgehead atoms. The zero-order chi connectivity index (χ0) is 13.2. The molecule has 5 heteroatoms. The second-order valence-corrected chi connectivity index (χ2v) is 5.76. The van der Waals surface area contributed by atoms with E-state index in [2.05, 4.69) is 0 Å². The van der Waals surface area contributed by atoms with Crippen LogP contribution >= 0.6 is 22.6 Å². The van der Waals surface area contributed by atoms with Crippen molar-refractivity contribution < 1.29 is 14.3 Å². The minimum Gasteiger partial charge on any atom is -0.389 e. The maximum Gasteiger partial charge on any atom is 0.254 e. The molecule has 1 aromatic carbocycles. The summed E-state index contributed by atoms with van der Waals surface area (Å²) in [5.74, 6) is -0.590. The van der Waals surface area contributed by atoms with Gasteiger partial charge in [0, 0.05) is 17.2 Å². The topological polar surface area (TPSA) is 40.5 Å². The zero-order valence-corrected chi connectivity index (χ0v) is 12.2. The van der Waals surface area contributed by atoms with E-state index in [0.29, 0.717) is 9.13 Å². The van der Waals surface area contributed by atoms with Gasteiger partial charge in [0.05, 0.1) is 11.2 Å². The van der Waals surface area contributed by atoms with Crippen molar-refractivity contribution in [3.05, 3.63) is 33.1 Å². The van der Waals surface area contributed by atoms with Gasteiger partial charge in [-0.3, -0.25) is 4.79 Å². The standard InChI is InChI=1S/C12H15FINO2/c1-12(2,17)7-15(3)11(16)9-5-4-8(13)6-10(9)14/h4-6,17H,7H2,1-3H3. The normalized spacial score (nSPS) is 11.4. The molecule has 0 atom stereocenters. The van der Waals surface area contributed by atoms with Crippen LogP contribution in [0.2, 0.25) is 0 Å². The quantitative estimate of drug-likeness (QED) is 0.849.